The van der Waals surface area contributed by atoms with Gasteiger partial charge in [0.15, 0.2) is 0 Å². The summed E-state index contributed by atoms with van der Waals surface area (Å²) in [6.07, 6.45) is 5.53. The van der Waals surface area contributed by atoms with Crippen molar-refractivity contribution in [2.75, 3.05) is 6.61 Å². The van der Waals surface area contributed by atoms with Crippen molar-refractivity contribution < 1.29 is 4.74 Å². The van der Waals surface area contributed by atoms with Gasteiger partial charge < -0.3 is 9.30 Å². The fraction of sp³-hybridized carbons (Fsp3) is 0.105. The molecule has 4 heteroatoms. The SMILES string of the molecule is CCOc1ccccc1/C(=C\Sc1ccccc1)n1ccnc1. The Hall–Kier alpha value is -2.46. The summed E-state index contributed by atoms with van der Waals surface area (Å²) in [6.45, 7) is 2.64. The summed E-state index contributed by atoms with van der Waals surface area (Å²) >= 11 is 1.68. The molecule has 3 nitrogen and oxygen atoms in total. The maximum atomic E-state index is 5.78. The molecule has 0 aliphatic rings. The molecular weight excluding hydrogens is 304 g/mol. The van der Waals surface area contributed by atoms with Crippen molar-refractivity contribution in [3.8, 4) is 5.75 Å². The molecule has 0 bridgehead atoms. The van der Waals surface area contributed by atoms with E-state index in [1.54, 1.807) is 24.3 Å². The fourth-order valence-electron chi connectivity index (χ4n) is 2.25. The van der Waals surface area contributed by atoms with Gasteiger partial charge in [0.1, 0.15) is 5.75 Å². The average molecular weight is 322 g/mol. The van der Waals surface area contributed by atoms with Crippen LogP contribution in [0.5, 0.6) is 5.75 Å². The van der Waals surface area contributed by atoms with Crippen LogP contribution in [0.2, 0.25) is 0 Å². The smallest absolute Gasteiger partial charge is 0.128 e. The molecule has 23 heavy (non-hydrogen) atoms. The lowest BCUT2D eigenvalue weighted by atomic mass is 10.1. The molecule has 116 valence electrons. The number of imidazole rings is 1. The molecule has 0 saturated carbocycles. The molecule has 0 atom stereocenters. The van der Waals surface area contributed by atoms with Gasteiger partial charge in [0, 0.05) is 28.3 Å². The lowest BCUT2D eigenvalue weighted by Gasteiger charge is -2.14. The van der Waals surface area contributed by atoms with Crippen molar-refractivity contribution in [3.05, 3.63) is 84.3 Å². The largest absolute Gasteiger partial charge is 0.493 e. The van der Waals surface area contributed by atoms with E-state index in [2.05, 4.69) is 28.6 Å². The first-order valence-corrected chi connectivity index (χ1v) is 8.39. The molecule has 0 aliphatic heterocycles. The van der Waals surface area contributed by atoms with Gasteiger partial charge >= 0.3 is 0 Å². The van der Waals surface area contributed by atoms with E-state index in [1.165, 1.54) is 4.90 Å². The van der Waals surface area contributed by atoms with E-state index in [1.807, 2.05) is 54.1 Å². The van der Waals surface area contributed by atoms with Crippen molar-refractivity contribution in [2.45, 2.75) is 11.8 Å². The first-order chi connectivity index (χ1) is 11.4. The monoisotopic (exact) mass is 322 g/mol. The van der Waals surface area contributed by atoms with Crippen molar-refractivity contribution >= 4 is 17.5 Å². The Morgan fingerprint density at radius 2 is 1.91 bits per heavy atom. The van der Waals surface area contributed by atoms with Crippen molar-refractivity contribution in [3.63, 3.8) is 0 Å². The maximum absolute atomic E-state index is 5.78. The van der Waals surface area contributed by atoms with Gasteiger partial charge in [-0.05, 0) is 31.2 Å². The third kappa shape index (κ3) is 3.85. The van der Waals surface area contributed by atoms with Crippen LogP contribution in [0.15, 0.2) is 83.6 Å². The lowest BCUT2D eigenvalue weighted by molar-refractivity contribution is 0.339. The summed E-state index contributed by atoms with van der Waals surface area (Å²) in [5, 5.41) is 2.13. The van der Waals surface area contributed by atoms with E-state index < -0.39 is 0 Å². The van der Waals surface area contributed by atoms with Crippen LogP contribution in [0, 0.1) is 0 Å². The molecule has 0 fully saturated rings. The minimum Gasteiger partial charge on any atom is -0.493 e. The molecular formula is C19H18N2OS. The summed E-state index contributed by atoms with van der Waals surface area (Å²) in [6, 6.07) is 18.4. The zero-order valence-electron chi connectivity index (χ0n) is 12.9. The molecule has 0 N–H and O–H groups in total. The quantitative estimate of drug-likeness (QED) is 0.603. The average Bonchev–Trinajstić information content (AvgIpc) is 3.12. The number of hydrogen-bond acceptors (Lipinski definition) is 3. The fourth-order valence-corrected chi connectivity index (χ4v) is 3.06. The molecule has 1 heterocycles. The van der Waals surface area contributed by atoms with Crippen molar-refractivity contribution in [1.82, 2.24) is 9.55 Å². The first kappa shape index (κ1) is 15.4. The highest BCUT2D eigenvalue weighted by molar-refractivity contribution is 8.02. The molecule has 1 aromatic heterocycles. The Morgan fingerprint density at radius 3 is 2.65 bits per heavy atom. The zero-order valence-corrected chi connectivity index (χ0v) is 13.7. The Labute approximate surface area is 140 Å². The van der Waals surface area contributed by atoms with Gasteiger partial charge in [-0.3, -0.25) is 0 Å². The minimum atomic E-state index is 0.639. The second kappa shape index (κ2) is 7.70. The van der Waals surface area contributed by atoms with Gasteiger partial charge in [0.2, 0.25) is 0 Å². The third-order valence-electron chi connectivity index (χ3n) is 3.30. The minimum absolute atomic E-state index is 0.639. The summed E-state index contributed by atoms with van der Waals surface area (Å²) < 4.78 is 7.79. The van der Waals surface area contributed by atoms with Crippen LogP contribution in [0.4, 0.5) is 0 Å². The number of hydrogen-bond donors (Lipinski definition) is 0. The Kier molecular flexibility index (Phi) is 5.17. The van der Waals surface area contributed by atoms with Gasteiger partial charge in [0.25, 0.3) is 0 Å². The Morgan fingerprint density at radius 1 is 1.13 bits per heavy atom. The van der Waals surface area contributed by atoms with Crippen LogP contribution < -0.4 is 4.74 Å². The summed E-state index contributed by atoms with van der Waals surface area (Å²) in [7, 11) is 0. The zero-order chi connectivity index (χ0) is 15.9. The van der Waals surface area contributed by atoms with Crippen LogP contribution >= 0.6 is 11.8 Å². The van der Waals surface area contributed by atoms with Crippen molar-refractivity contribution in [1.29, 1.82) is 0 Å². The standard InChI is InChI=1S/C19H18N2OS/c1-2-22-19-11-7-6-10-17(19)18(21-13-12-20-15-21)14-23-16-8-4-3-5-9-16/h3-15H,2H2,1H3/b18-14+. The molecule has 0 radical (unpaired) electrons. The highest BCUT2D eigenvalue weighted by Gasteiger charge is 2.10. The molecule has 3 aromatic rings. The van der Waals surface area contributed by atoms with E-state index in [0.29, 0.717) is 6.61 Å². The highest BCUT2D eigenvalue weighted by Crippen LogP contribution is 2.31. The summed E-state index contributed by atoms with van der Waals surface area (Å²) in [4.78, 5) is 5.36. The molecule has 0 aliphatic carbocycles. The maximum Gasteiger partial charge on any atom is 0.128 e. The molecule has 2 aromatic carbocycles. The van der Waals surface area contributed by atoms with Crippen LogP contribution in [0.1, 0.15) is 12.5 Å². The van der Waals surface area contributed by atoms with E-state index in [-0.39, 0.29) is 0 Å². The molecule has 0 unspecified atom stereocenters. The molecule has 3 rings (SSSR count). The van der Waals surface area contributed by atoms with E-state index in [0.717, 1.165) is 17.0 Å². The van der Waals surface area contributed by atoms with Gasteiger partial charge in [0.05, 0.1) is 18.6 Å². The van der Waals surface area contributed by atoms with Gasteiger partial charge in [-0.15, -0.1) is 0 Å². The Bertz CT molecular complexity index is 767. The van der Waals surface area contributed by atoms with Gasteiger partial charge in [-0.1, -0.05) is 42.1 Å². The summed E-state index contributed by atoms with van der Waals surface area (Å²) in [5.74, 6) is 0.878. The predicted molar refractivity (Wildman–Crippen MR) is 95.5 cm³/mol. The predicted octanol–water partition coefficient (Wildman–Crippen LogP) is 4.92. The van der Waals surface area contributed by atoms with E-state index >= 15 is 0 Å². The van der Waals surface area contributed by atoms with Crippen molar-refractivity contribution in [2.24, 2.45) is 0 Å². The number of ether oxygens (including phenoxy) is 1. The Balaban J connectivity index is 2.00. The van der Waals surface area contributed by atoms with Crippen LogP contribution in [-0.2, 0) is 0 Å². The topological polar surface area (TPSA) is 27.1 Å². The number of nitrogens with zero attached hydrogens (tertiary/aromatic N) is 2. The second-order valence-electron chi connectivity index (χ2n) is 4.83. The van der Waals surface area contributed by atoms with Crippen LogP contribution in [-0.4, -0.2) is 16.2 Å². The third-order valence-corrected chi connectivity index (χ3v) is 4.18. The first-order valence-electron chi connectivity index (χ1n) is 7.51. The number of thioether (sulfide) groups is 1. The highest BCUT2D eigenvalue weighted by atomic mass is 32.2. The summed E-state index contributed by atoms with van der Waals surface area (Å²) in [5.41, 5.74) is 2.09. The van der Waals surface area contributed by atoms with Crippen LogP contribution in [0.25, 0.3) is 5.70 Å². The normalized spacial score (nSPS) is 11.4. The number of para-hydroxylation sites is 1. The number of benzene rings is 2. The molecule has 0 saturated heterocycles. The number of aromatic nitrogens is 2. The van der Waals surface area contributed by atoms with Gasteiger partial charge in [-0.25, -0.2) is 4.98 Å². The van der Waals surface area contributed by atoms with Gasteiger partial charge in [-0.2, -0.15) is 0 Å². The number of rotatable bonds is 6. The molecule has 0 spiro atoms. The second-order valence-corrected chi connectivity index (χ2v) is 5.78. The van der Waals surface area contributed by atoms with Crippen LogP contribution in [0.3, 0.4) is 0 Å². The van der Waals surface area contributed by atoms with E-state index in [4.69, 9.17) is 4.74 Å². The molecule has 0 amide bonds. The van der Waals surface area contributed by atoms with E-state index in [9.17, 15) is 0 Å². The lowest BCUT2D eigenvalue weighted by Crippen LogP contribution is -2.01.